The van der Waals surface area contributed by atoms with Crippen LogP contribution in [0.3, 0.4) is 0 Å². The van der Waals surface area contributed by atoms with Crippen molar-refractivity contribution in [1.82, 2.24) is 19.6 Å². The Morgan fingerprint density at radius 1 is 1.13 bits per heavy atom. The number of aromatic nitrogens is 4. The van der Waals surface area contributed by atoms with Crippen LogP contribution in [0, 0.1) is 6.92 Å². The maximum absolute atomic E-state index is 12.5. The summed E-state index contributed by atoms with van der Waals surface area (Å²) in [6.07, 6.45) is 3.10. The normalized spacial score (nSPS) is 12.7. The highest BCUT2D eigenvalue weighted by Gasteiger charge is 2.26. The summed E-state index contributed by atoms with van der Waals surface area (Å²) in [5.41, 5.74) is 2.51. The summed E-state index contributed by atoms with van der Waals surface area (Å²) in [6, 6.07) is 3.16. The monoisotopic (exact) mass is 427 g/mol. The molecule has 10 nitrogen and oxygen atoms in total. The number of nitrogens with zero attached hydrogens (tertiary/aromatic N) is 5. The fraction of sp³-hybridized carbons (Fsp3) is 0.429. The molecule has 3 heterocycles. The molecule has 0 saturated carbocycles. The van der Waals surface area contributed by atoms with Crippen LogP contribution in [0.1, 0.15) is 28.0 Å². The van der Waals surface area contributed by atoms with E-state index in [0.717, 1.165) is 31.0 Å². The minimum atomic E-state index is -0.445. The highest BCUT2D eigenvalue weighted by Crippen LogP contribution is 2.38. The van der Waals surface area contributed by atoms with Crippen LogP contribution >= 0.6 is 0 Å². The molecule has 0 bridgehead atoms. The van der Waals surface area contributed by atoms with Gasteiger partial charge in [0.2, 0.25) is 5.75 Å². The van der Waals surface area contributed by atoms with Gasteiger partial charge in [0.1, 0.15) is 12.1 Å². The van der Waals surface area contributed by atoms with E-state index in [9.17, 15) is 4.79 Å². The van der Waals surface area contributed by atoms with Crippen molar-refractivity contribution in [3.8, 4) is 17.2 Å². The molecule has 4 rings (SSSR count). The summed E-state index contributed by atoms with van der Waals surface area (Å²) in [5, 5.41) is 4.31. The Balaban J connectivity index is 1.39. The van der Waals surface area contributed by atoms with Crippen molar-refractivity contribution in [1.29, 1.82) is 0 Å². The second-order valence-corrected chi connectivity index (χ2v) is 7.11. The van der Waals surface area contributed by atoms with Gasteiger partial charge in [0.25, 0.3) is 5.78 Å². The first-order chi connectivity index (χ1) is 15.1. The summed E-state index contributed by atoms with van der Waals surface area (Å²) < 4.78 is 23.1. The van der Waals surface area contributed by atoms with Gasteiger partial charge in [0, 0.05) is 24.3 Å². The van der Waals surface area contributed by atoms with Gasteiger partial charge in [-0.25, -0.2) is 9.78 Å². The largest absolute Gasteiger partial charge is 0.493 e. The van der Waals surface area contributed by atoms with Crippen LogP contribution in [-0.2, 0) is 11.2 Å². The predicted octanol–water partition coefficient (Wildman–Crippen LogP) is 2.07. The van der Waals surface area contributed by atoms with Gasteiger partial charge in [0.05, 0.1) is 33.5 Å². The summed E-state index contributed by atoms with van der Waals surface area (Å²) in [6.45, 7) is 3.88. The lowest BCUT2D eigenvalue weighted by atomic mass is 10.2. The Morgan fingerprint density at radius 3 is 2.55 bits per heavy atom. The predicted molar refractivity (Wildman–Crippen MR) is 112 cm³/mol. The van der Waals surface area contributed by atoms with Gasteiger partial charge in [0.15, 0.2) is 11.5 Å². The molecule has 0 amide bonds. The average molecular weight is 427 g/mol. The molecular weight excluding hydrogens is 402 g/mol. The first-order valence-electron chi connectivity index (χ1n) is 9.98. The van der Waals surface area contributed by atoms with Gasteiger partial charge < -0.3 is 23.8 Å². The SMILES string of the molecule is COc1cc(C(=O)OCCCN2CCc3c(C)nc4ncnn4c32)cc(OC)c1OC. The smallest absolute Gasteiger partial charge is 0.338 e. The zero-order valence-corrected chi connectivity index (χ0v) is 18.0. The summed E-state index contributed by atoms with van der Waals surface area (Å²) in [5.74, 6) is 2.41. The van der Waals surface area contributed by atoms with Crippen molar-refractivity contribution in [3.63, 3.8) is 0 Å². The van der Waals surface area contributed by atoms with E-state index in [-0.39, 0.29) is 6.61 Å². The topological polar surface area (TPSA) is 100 Å². The Hall–Kier alpha value is -3.56. The van der Waals surface area contributed by atoms with Crippen molar-refractivity contribution in [2.75, 3.05) is 45.9 Å². The minimum Gasteiger partial charge on any atom is -0.493 e. The zero-order valence-electron chi connectivity index (χ0n) is 18.0. The Kier molecular flexibility index (Phi) is 5.79. The highest BCUT2D eigenvalue weighted by atomic mass is 16.5. The molecule has 0 aliphatic carbocycles. The summed E-state index contributed by atoms with van der Waals surface area (Å²) in [7, 11) is 4.52. The Bertz CT molecular complexity index is 1090. The molecule has 164 valence electrons. The van der Waals surface area contributed by atoms with Crippen LogP contribution in [0.4, 0.5) is 5.82 Å². The number of fused-ring (bicyclic) bond motifs is 3. The molecule has 0 atom stereocenters. The van der Waals surface area contributed by atoms with Crippen molar-refractivity contribution < 1.29 is 23.7 Å². The minimum absolute atomic E-state index is 0.284. The molecule has 0 radical (unpaired) electrons. The van der Waals surface area contributed by atoms with E-state index >= 15 is 0 Å². The number of benzene rings is 1. The lowest BCUT2D eigenvalue weighted by Gasteiger charge is -2.19. The van der Waals surface area contributed by atoms with E-state index in [0.29, 0.717) is 35.0 Å². The number of hydrogen-bond acceptors (Lipinski definition) is 9. The molecule has 10 heteroatoms. The fourth-order valence-corrected chi connectivity index (χ4v) is 3.86. The number of hydrogen-bond donors (Lipinski definition) is 0. The van der Waals surface area contributed by atoms with Crippen LogP contribution < -0.4 is 19.1 Å². The molecule has 0 N–H and O–H groups in total. The van der Waals surface area contributed by atoms with E-state index in [2.05, 4.69) is 20.0 Å². The third-order valence-electron chi connectivity index (χ3n) is 5.34. The van der Waals surface area contributed by atoms with Gasteiger partial charge in [-0.3, -0.25) is 0 Å². The zero-order chi connectivity index (χ0) is 22.0. The lowest BCUT2D eigenvalue weighted by Crippen LogP contribution is -2.25. The Labute approximate surface area is 179 Å². The number of methoxy groups -OCH3 is 3. The van der Waals surface area contributed by atoms with Crippen LogP contribution in [0.5, 0.6) is 17.2 Å². The maximum atomic E-state index is 12.5. The average Bonchev–Trinajstić information content (AvgIpc) is 3.42. The summed E-state index contributed by atoms with van der Waals surface area (Å²) >= 11 is 0. The van der Waals surface area contributed by atoms with Gasteiger partial charge in [-0.05, 0) is 31.9 Å². The molecule has 3 aromatic rings. The third-order valence-corrected chi connectivity index (χ3v) is 5.34. The number of rotatable bonds is 8. The number of carbonyl (C=O) groups is 1. The van der Waals surface area contributed by atoms with Crippen molar-refractivity contribution in [2.24, 2.45) is 0 Å². The highest BCUT2D eigenvalue weighted by molar-refractivity contribution is 5.91. The molecule has 1 aliphatic heterocycles. The van der Waals surface area contributed by atoms with Crippen LogP contribution in [0.25, 0.3) is 5.78 Å². The van der Waals surface area contributed by atoms with Gasteiger partial charge >= 0.3 is 5.97 Å². The molecular formula is C21H25N5O5. The first-order valence-corrected chi connectivity index (χ1v) is 9.98. The lowest BCUT2D eigenvalue weighted by molar-refractivity contribution is 0.0501. The molecule has 0 unspecified atom stereocenters. The van der Waals surface area contributed by atoms with E-state index in [1.54, 1.807) is 16.6 Å². The molecule has 31 heavy (non-hydrogen) atoms. The second kappa shape index (κ2) is 8.66. The van der Waals surface area contributed by atoms with Crippen LogP contribution in [0.2, 0.25) is 0 Å². The third kappa shape index (κ3) is 3.80. The molecule has 0 saturated heterocycles. The number of anilines is 1. The molecule has 0 fully saturated rings. The quantitative estimate of drug-likeness (QED) is 0.395. The van der Waals surface area contributed by atoms with Gasteiger partial charge in [-0.15, -0.1) is 0 Å². The first kappa shape index (κ1) is 20.7. The molecule has 0 spiro atoms. The van der Waals surface area contributed by atoms with Crippen molar-refractivity contribution in [2.45, 2.75) is 19.8 Å². The van der Waals surface area contributed by atoms with Crippen molar-refractivity contribution >= 4 is 17.6 Å². The van der Waals surface area contributed by atoms with E-state index < -0.39 is 5.97 Å². The fourth-order valence-electron chi connectivity index (χ4n) is 3.86. The molecule has 2 aromatic heterocycles. The van der Waals surface area contributed by atoms with E-state index in [1.165, 1.54) is 33.2 Å². The number of aryl methyl sites for hydroxylation is 1. The van der Waals surface area contributed by atoms with Gasteiger partial charge in [-0.2, -0.15) is 14.6 Å². The number of esters is 1. The Morgan fingerprint density at radius 2 is 1.87 bits per heavy atom. The number of carbonyl (C=O) groups excluding carboxylic acids is 1. The van der Waals surface area contributed by atoms with Crippen LogP contribution in [-0.4, -0.2) is 66.6 Å². The summed E-state index contributed by atoms with van der Waals surface area (Å²) in [4.78, 5) is 23.5. The molecule has 1 aromatic carbocycles. The number of ether oxygens (including phenoxy) is 4. The standard InChI is InChI=1S/C21H25N5O5/c1-13-15-6-8-25(19(15)26-21(24-13)22-12-23-26)7-5-9-31-20(27)14-10-16(28-2)18(30-4)17(11-14)29-3/h10-12H,5-9H2,1-4H3. The maximum Gasteiger partial charge on any atom is 0.338 e. The van der Waals surface area contributed by atoms with Crippen LogP contribution in [0.15, 0.2) is 18.5 Å². The molecule has 1 aliphatic rings. The van der Waals surface area contributed by atoms with Gasteiger partial charge in [-0.1, -0.05) is 0 Å². The van der Waals surface area contributed by atoms with E-state index in [1.807, 2.05) is 6.92 Å². The van der Waals surface area contributed by atoms with Crippen molar-refractivity contribution in [3.05, 3.63) is 35.3 Å². The van der Waals surface area contributed by atoms with E-state index in [4.69, 9.17) is 18.9 Å². The second-order valence-electron chi connectivity index (χ2n) is 7.11.